The zero-order chi connectivity index (χ0) is 14.3. The quantitative estimate of drug-likeness (QED) is 0.811. The number of aryl methyl sites for hydroxylation is 1. The highest BCUT2D eigenvalue weighted by Crippen LogP contribution is 2.39. The largest absolute Gasteiger partial charge is 0.485 e. The molecule has 1 atom stereocenters. The molecule has 20 heavy (non-hydrogen) atoms. The molecule has 0 saturated heterocycles. The standard InChI is InChI=1S/C14H14ClN3O2/c1-9-6-18(14(19)11-7-17(2)8-16-11)12-5-3-4-10(15)13(12)20-9/h3-5,7-9H,6H2,1-2H3/t9-/m0/s1. The number of carbonyl (C=O) groups excluding carboxylic acids is 1. The molecule has 2 heterocycles. The van der Waals surface area contributed by atoms with Crippen LogP contribution in [-0.2, 0) is 7.05 Å². The number of aromatic nitrogens is 2. The fourth-order valence-corrected chi connectivity index (χ4v) is 2.49. The maximum absolute atomic E-state index is 12.6. The summed E-state index contributed by atoms with van der Waals surface area (Å²) in [6.45, 7) is 2.38. The molecule has 1 aromatic heterocycles. The Bertz CT molecular complexity index is 668. The smallest absolute Gasteiger partial charge is 0.278 e. The Labute approximate surface area is 121 Å². The fraction of sp³-hybridized carbons (Fsp3) is 0.286. The minimum absolute atomic E-state index is 0.116. The van der Waals surface area contributed by atoms with Gasteiger partial charge in [0.25, 0.3) is 5.91 Å². The Morgan fingerprint density at radius 1 is 1.50 bits per heavy atom. The SMILES string of the molecule is C[C@H]1CN(C(=O)c2cn(C)cn2)c2cccc(Cl)c2O1. The Morgan fingerprint density at radius 3 is 3.00 bits per heavy atom. The van der Waals surface area contributed by atoms with Crippen LogP contribution in [0.25, 0.3) is 0 Å². The van der Waals surface area contributed by atoms with E-state index in [4.69, 9.17) is 16.3 Å². The monoisotopic (exact) mass is 291 g/mol. The van der Waals surface area contributed by atoms with Crippen molar-refractivity contribution in [1.29, 1.82) is 0 Å². The zero-order valence-corrected chi connectivity index (χ0v) is 12.0. The van der Waals surface area contributed by atoms with E-state index in [1.807, 2.05) is 20.0 Å². The van der Waals surface area contributed by atoms with Crippen LogP contribution in [0.1, 0.15) is 17.4 Å². The van der Waals surface area contributed by atoms with Gasteiger partial charge in [0.15, 0.2) is 5.75 Å². The molecule has 1 aliphatic heterocycles. The molecule has 0 unspecified atom stereocenters. The van der Waals surface area contributed by atoms with E-state index in [1.54, 1.807) is 34.1 Å². The van der Waals surface area contributed by atoms with Gasteiger partial charge in [-0.1, -0.05) is 17.7 Å². The molecule has 0 saturated carbocycles. The number of amides is 1. The summed E-state index contributed by atoms with van der Waals surface area (Å²) >= 11 is 6.14. The fourth-order valence-electron chi connectivity index (χ4n) is 2.27. The van der Waals surface area contributed by atoms with Crippen molar-refractivity contribution >= 4 is 23.2 Å². The van der Waals surface area contributed by atoms with E-state index in [9.17, 15) is 4.79 Å². The van der Waals surface area contributed by atoms with E-state index < -0.39 is 0 Å². The molecule has 104 valence electrons. The number of hydrogen-bond acceptors (Lipinski definition) is 3. The van der Waals surface area contributed by atoms with Gasteiger partial charge in [-0.25, -0.2) is 4.98 Å². The Balaban J connectivity index is 2.03. The van der Waals surface area contributed by atoms with Crippen molar-refractivity contribution in [1.82, 2.24) is 9.55 Å². The highest BCUT2D eigenvalue weighted by atomic mass is 35.5. The van der Waals surface area contributed by atoms with E-state index in [-0.39, 0.29) is 12.0 Å². The lowest BCUT2D eigenvalue weighted by molar-refractivity contribution is 0.0957. The van der Waals surface area contributed by atoms with Gasteiger partial charge in [0, 0.05) is 13.2 Å². The predicted molar refractivity (Wildman–Crippen MR) is 76.4 cm³/mol. The lowest BCUT2D eigenvalue weighted by Crippen LogP contribution is -2.42. The highest BCUT2D eigenvalue weighted by Gasteiger charge is 2.30. The first-order valence-electron chi connectivity index (χ1n) is 6.31. The number of imidazole rings is 1. The number of benzene rings is 1. The molecular formula is C14H14ClN3O2. The van der Waals surface area contributed by atoms with Gasteiger partial charge in [-0.2, -0.15) is 0 Å². The first-order chi connectivity index (χ1) is 9.56. The summed E-state index contributed by atoms with van der Waals surface area (Å²) in [4.78, 5) is 18.4. The Morgan fingerprint density at radius 2 is 2.30 bits per heavy atom. The third kappa shape index (κ3) is 2.14. The summed E-state index contributed by atoms with van der Waals surface area (Å²) in [6, 6.07) is 5.38. The number of rotatable bonds is 1. The van der Waals surface area contributed by atoms with Crippen molar-refractivity contribution in [2.24, 2.45) is 7.05 Å². The van der Waals surface area contributed by atoms with Crippen molar-refractivity contribution in [3.8, 4) is 5.75 Å². The second-order valence-electron chi connectivity index (χ2n) is 4.86. The first-order valence-corrected chi connectivity index (χ1v) is 6.69. The number of nitrogens with zero attached hydrogens (tertiary/aromatic N) is 3. The van der Waals surface area contributed by atoms with Crippen molar-refractivity contribution in [2.45, 2.75) is 13.0 Å². The number of halogens is 1. The van der Waals surface area contributed by atoms with Gasteiger partial charge < -0.3 is 9.30 Å². The lowest BCUT2D eigenvalue weighted by atomic mass is 10.2. The molecule has 5 nitrogen and oxygen atoms in total. The van der Waals surface area contributed by atoms with Gasteiger partial charge >= 0.3 is 0 Å². The highest BCUT2D eigenvalue weighted by molar-refractivity contribution is 6.32. The Kier molecular flexibility index (Phi) is 3.14. The molecule has 0 spiro atoms. The van der Waals surface area contributed by atoms with Crippen LogP contribution in [0.15, 0.2) is 30.7 Å². The van der Waals surface area contributed by atoms with Crippen molar-refractivity contribution < 1.29 is 9.53 Å². The number of fused-ring (bicyclic) bond motifs is 1. The number of hydrogen-bond donors (Lipinski definition) is 0. The van der Waals surface area contributed by atoms with Crippen molar-refractivity contribution in [3.05, 3.63) is 41.4 Å². The Hall–Kier alpha value is -2.01. The number of carbonyl (C=O) groups is 1. The van der Waals surface area contributed by atoms with Gasteiger partial charge in [0.2, 0.25) is 0 Å². The summed E-state index contributed by atoms with van der Waals surface area (Å²) < 4.78 is 7.48. The summed E-state index contributed by atoms with van der Waals surface area (Å²) in [5.41, 5.74) is 1.10. The topological polar surface area (TPSA) is 47.4 Å². The third-order valence-electron chi connectivity index (χ3n) is 3.16. The zero-order valence-electron chi connectivity index (χ0n) is 11.2. The van der Waals surface area contributed by atoms with Crippen molar-refractivity contribution in [2.75, 3.05) is 11.4 Å². The molecule has 2 aromatic rings. The van der Waals surface area contributed by atoms with E-state index in [0.717, 1.165) is 0 Å². The summed E-state index contributed by atoms with van der Waals surface area (Å²) in [5, 5.41) is 0.507. The minimum atomic E-state index is -0.149. The van der Waals surface area contributed by atoms with Crippen molar-refractivity contribution in [3.63, 3.8) is 0 Å². The van der Waals surface area contributed by atoms with Gasteiger partial charge in [-0.05, 0) is 19.1 Å². The first kappa shape index (κ1) is 13.0. The summed E-state index contributed by atoms with van der Waals surface area (Å²) in [5.74, 6) is 0.404. The molecule has 1 aromatic carbocycles. The van der Waals surface area contributed by atoms with Crippen LogP contribution in [0.2, 0.25) is 5.02 Å². The number of anilines is 1. The van der Waals surface area contributed by atoms with Crippen LogP contribution in [0.3, 0.4) is 0 Å². The average Bonchev–Trinajstić information content (AvgIpc) is 2.85. The molecule has 1 amide bonds. The van der Waals surface area contributed by atoms with E-state index in [1.165, 1.54) is 0 Å². The molecule has 0 bridgehead atoms. The molecular weight excluding hydrogens is 278 g/mol. The van der Waals surface area contributed by atoms with Crippen LogP contribution in [-0.4, -0.2) is 28.1 Å². The summed E-state index contributed by atoms with van der Waals surface area (Å²) in [6.07, 6.45) is 3.19. The normalized spacial score (nSPS) is 17.6. The van der Waals surface area contributed by atoms with Gasteiger partial charge in [-0.15, -0.1) is 0 Å². The maximum Gasteiger partial charge on any atom is 0.278 e. The van der Waals surface area contributed by atoms with Crippen LogP contribution in [0, 0.1) is 0 Å². The van der Waals surface area contributed by atoms with Crippen LogP contribution < -0.4 is 9.64 Å². The van der Waals surface area contributed by atoms with Crippen LogP contribution in [0.5, 0.6) is 5.75 Å². The lowest BCUT2D eigenvalue weighted by Gasteiger charge is -2.33. The van der Waals surface area contributed by atoms with Gasteiger partial charge in [0.1, 0.15) is 11.8 Å². The van der Waals surface area contributed by atoms with Gasteiger partial charge in [-0.3, -0.25) is 9.69 Å². The number of ether oxygens (including phenoxy) is 1. The molecule has 0 fully saturated rings. The average molecular weight is 292 g/mol. The third-order valence-corrected chi connectivity index (χ3v) is 3.46. The molecule has 3 rings (SSSR count). The molecule has 6 heteroatoms. The van der Waals surface area contributed by atoms with E-state index in [0.29, 0.717) is 28.7 Å². The molecule has 1 aliphatic rings. The second kappa shape index (κ2) is 4.83. The maximum atomic E-state index is 12.6. The van der Waals surface area contributed by atoms with Crippen LogP contribution >= 0.6 is 11.6 Å². The second-order valence-corrected chi connectivity index (χ2v) is 5.26. The van der Waals surface area contributed by atoms with E-state index >= 15 is 0 Å². The molecule has 0 radical (unpaired) electrons. The van der Waals surface area contributed by atoms with E-state index in [2.05, 4.69) is 4.98 Å². The predicted octanol–water partition coefficient (Wildman–Crippen LogP) is 2.50. The molecule has 0 aliphatic carbocycles. The minimum Gasteiger partial charge on any atom is -0.485 e. The summed E-state index contributed by atoms with van der Waals surface area (Å²) in [7, 11) is 1.83. The number of para-hydroxylation sites is 1. The molecule has 0 N–H and O–H groups in total. The van der Waals surface area contributed by atoms with Gasteiger partial charge in [0.05, 0.1) is 23.6 Å². The van der Waals surface area contributed by atoms with Crippen LogP contribution in [0.4, 0.5) is 5.69 Å².